The van der Waals surface area contributed by atoms with Crippen molar-refractivity contribution in [2.75, 3.05) is 0 Å². The highest BCUT2D eigenvalue weighted by Gasteiger charge is 2.17. The second kappa shape index (κ2) is 10.7. The van der Waals surface area contributed by atoms with Crippen LogP contribution in [0.15, 0.2) is 156 Å². The number of fused-ring (bicyclic) bond motifs is 8. The number of benzene rings is 7. The fraction of sp³-hybridized carbons (Fsp3) is 0. The van der Waals surface area contributed by atoms with E-state index in [-0.39, 0.29) is 61.8 Å². The molecule has 0 bridgehead atoms. The van der Waals surface area contributed by atoms with E-state index in [0.29, 0.717) is 11.1 Å². The summed E-state index contributed by atoms with van der Waals surface area (Å²) >= 11 is 1.65. The Morgan fingerprint density at radius 3 is 2.04 bits per heavy atom. The van der Waals surface area contributed by atoms with Crippen molar-refractivity contribution in [2.45, 2.75) is 0 Å². The Kier molecular flexibility index (Phi) is 4.34. The molecule has 0 saturated heterocycles. The van der Waals surface area contributed by atoms with E-state index in [2.05, 4.69) is 30.3 Å². The number of furan rings is 1. The minimum Gasteiger partial charge on any atom is -0.455 e. The lowest BCUT2D eigenvalue weighted by atomic mass is 10.0. The van der Waals surface area contributed by atoms with Crippen LogP contribution in [0, 0.1) is 0 Å². The molecule has 0 aliphatic heterocycles. The summed E-state index contributed by atoms with van der Waals surface area (Å²) < 4.78 is 87.3. The zero-order valence-electron chi connectivity index (χ0n) is 33.9. The zero-order valence-corrected chi connectivity index (χ0v) is 25.7. The summed E-state index contributed by atoms with van der Waals surface area (Å²) in [5, 5.41) is 1.72. The molecule has 7 aromatic carbocycles. The molecule has 0 aliphatic carbocycles. The molecular weight excluding hydrogens is 607 g/mol. The van der Waals surface area contributed by atoms with Crippen LogP contribution < -0.4 is 0 Å². The molecule has 3 heterocycles. The van der Waals surface area contributed by atoms with Crippen LogP contribution in [0.3, 0.4) is 0 Å². The summed E-state index contributed by atoms with van der Waals surface area (Å²) in [5.74, 6) is 0.504. The molecule has 0 fully saturated rings. The molecule has 0 N–H and O–H groups in total. The van der Waals surface area contributed by atoms with E-state index in [4.69, 9.17) is 30.3 Å². The highest BCUT2D eigenvalue weighted by Crippen LogP contribution is 2.39. The maximum absolute atomic E-state index is 9.50. The van der Waals surface area contributed by atoms with Crippen molar-refractivity contribution in [2.24, 2.45) is 0 Å². The highest BCUT2D eigenvalue weighted by molar-refractivity contribution is 7.25. The summed E-state index contributed by atoms with van der Waals surface area (Å²) in [6, 6.07) is 27.7. The molecule has 0 unspecified atom stereocenters. The van der Waals surface area contributed by atoms with Gasteiger partial charge in [-0.3, -0.25) is 0 Å². The van der Waals surface area contributed by atoms with Gasteiger partial charge in [-0.05, 0) is 58.9 Å². The lowest BCUT2D eigenvalue weighted by Crippen LogP contribution is -2.00. The van der Waals surface area contributed by atoms with Crippen LogP contribution in [0.2, 0.25) is 0 Å². The molecule has 0 amide bonds. The van der Waals surface area contributed by atoms with Crippen molar-refractivity contribution in [3.8, 4) is 45.3 Å². The van der Waals surface area contributed by atoms with Crippen molar-refractivity contribution in [1.29, 1.82) is 0 Å². The van der Waals surface area contributed by atoms with Gasteiger partial charge in [0.05, 0.1) is 12.3 Å². The quantitative estimate of drug-likeness (QED) is 0.192. The van der Waals surface area contributed by atoms with Crippen molar-refractivity contribution < 1.29 is 16.8 Å². The number of hydrogen-bond acceptors (Lipinski definition) is 5. The van der Waals surface area contributed by atoms with Crippen molar-refractivity contribution in [3.63, 3.8) is 0 Å². The Morgan fingerprint density at radius 2 is 1.21 bits per heavy atom. The van der Waals surface area contributed by atoms with Crippen LogP contribution in [-0.4, -0.2) is 15.0 Å². The van der Waals surface area contributed by atoms with E-state index >= 15 is 0 Å². The largest absolute Gasteiger partial charge is 0.455 e. The number of rotatable bonds is 4. The first kappa shape index (κ1) is 19.5. The second-order valence-electron chi connectivity index (χ2n) is 11.3. The lowest BCUT2D eigenvalue weighted by Gasteiger charge is -2.09. The third-order valence-electron chi connectivity index (χ3n) is 8.41. The topological polar surface area (TPSA) is 51.8 Å². The first-order valence-electron chi connectivity index (χ1n) is 19.7. The van der Waals surface area contributed by atoms with Crippen LogP contribution in [0.25, 0.3) is 98.2 Å². The van der Waals surface area contributed by atoms with Crippen LogP contribution in [0.5, 0.6) is 0 Å². The maximum Gasteiger partial charge on any atom is 0.164 e. The highest BCUT2D eigenvalue weighted by atomic mass is 32.1. The summed E-state index contributed by atoms with van der Waals surface area (Å²) in [7, 11) is 0. The van der Waals surface area contributed by atoms with Gasteiger partial charge in [0.25, 0.3) is 0 Å². The molecule has 4 nitrogen and oxygen atoms in total. The summed E-state index contributed by atoms with van der Waals surface area (Å²) in [5.41, 5.74) is 3.06. The van der Waals surface area contributed by atoms with Gasteiger partial charge in [-0.1, -0.05) is 109 Å². The van der Waals surface area contributed by atoms with E-state index in [1.165, 1.54) is 0 Å². The molecule has 224 valence electrons. The third kappa shape index (κ3) is 4.40. The van der Waals surface area contributed by atoms with Gasteiger partial charge in [-0.2, -0.15) is 0 Å². The number of nitrogens with zero attached hydrogens (tertiary/aromatic N) is 3. The van der Waals surface area contributed by atoms with Gasteiger partial charge in [0.15, 0.2) is 17.5 Å². The zero-order chi connectivity index (χ0) is 39.4. The SMILES string of the molecule is [2H]c1c(-c2nc(-c3ccccc3)nc(-c3ccc4c(c3)sc3ccc(-c5ccccc5)cc34)n2)c([2H])c2c(oc3c4c([2H])c([2H])c([2H])c([2H])c4c([2H])c([2H])c32)c1[2H]. The fourth-order valence-electron chi connectivity index (χ4n) is 6.08. The minimum absolute atomic E-state index is 0.0529. The molecule has 10 rings (SSSR count). The Bertz CT molecular complexity index is 3350. The van der Waals surface area contributed by atoms with E-state index in [0.717, 1.165) is 31.3 Å². The van der Waals surface area contributed by atoms with E-state index < -0.39 is 48.3 Å². The molecule has 0 radical (unpaired) electrons. The number of thiophene rings is 1. The van der Waals surface area contributed by atoms with Crippen LogP contribution in [-0.2, 0) is 0 Å². The Labute approximate surface area is 292 Å². The minimum atomic E-state index is -0.558. The number of hydrogen-bond donors (Lipinski definition) is 0. The molecule has 10 aromatic rings. The normalized spacial score (nSPS) is 14.4. The van der Waals surface area contributed by atoms with Crippen LogP contribution >= 0.6 is 11.3 Å². The van der Waals surface area contributed by atoms with Gasteiger partial charge in [-0.15, -0.1) is 11.3 Å². The Hall–Kier alpha value is -6.17. The van der Waals surface area contributed by atoms with Gasteiger partial charge < -0.3 is 4.42 Å². The molecule has 0 aliphatic rings. The molecule has 0 atom stereocenters. The third-order valence-corrected chi connectivity index (χ3v) is 9.55. The maximum atomic E-state index is 9.50. The molecule has 0 spiro atoms. The van der Waals surface area contributed by atoms with Gasteiger partial charge in [-0.25, -0.2) is 15.0 Å². The van der Waals surface area contributed by atoms with E-state index in [9.17, 15) is 1.37 Å². The predicted molar refractivity (Wildman–Crippen MR) is 199 cm³/mol. The fourth-order valence-corrected chi connectivity index (χ4v) is 7.21. The van der Waals surface area contributed by atoms with Crippen molar-refractivity contribution in [1.82, 2.24) is 15.0 Å². The van der Waals surface area contributed by atoms with Gasteiger partial charge in [0.2, 0.25) is 0 Å². The van der Waals surface area contributed by atoms with E-state index in [1.54, 1.807) is 11.3 Å². The summed E-state index contributed by atoms with van der Waals surface area (Å²) in [6.45, 7) is 0. The first-order valence-corrected chi connectivity index (χ1v) is 16.0. The smallest absolute Gasteiger partial charge is 0.164 e. The molecule has 48 heavy (non-hydrogen) atoms. The number of aromatic nitrogens is 3. The summed E-state index contributed by atoms with van der Waals surface area (Å²) in [4.78, 5) is 14.4. The van der Waals surface area contributed by atoms with Crippen molar-refractivity contribution in [3.05, 3.63) is 151 Å². The molecular formula is C43H25N3OS. The standard InChI is InChI=1S/C43H25N3OS/c1-3-9-26(10-4-1)29-18-22-38-36(23-29)33-19-16-31(25-39(33)48-38)43-45-41(28-12-5-2-6-13-28)44-42(46-43)30-17-21-37-35(24-30)34-20-15-27-11-7-8-14-32(27)40(34)47-37/h1-25H/i7D,8D,11D,14D,15D,17D,20D,21D,24D. The lowest BCUT2D eigenvalue weighted by molar-refractivity contribution is 0.672. The van der Waals surface area contributed by atoms with Crippen molar-refractivity contribution >= 4 is 64.2 Å². The van der Waals surface area contributed by atoms with Crippen LogP contribution in [0.1, 0.15) is 12.3 Å². The summed E-state index contributed by atoms with van der Waals surface area (Å²) in [6.07, 6.45) is 0. The Balaban J connectivity index is 1.21. The van der Waals surface area contributed by atoms with Gasteiger partial charge in [0.1, 0.15) is 11.2 Å². The first-order chi connectivity index (χ1) is 27.5. The average Bonchev–Trinajstić information content (AvgIpc) is 3.82. The Morgan fingerprint density at radius 1 is 0.479 bits per heavy atom. The molecule has 5 heteroatoms. The second-order valence-corrected chi connectivity index (χ2v) is 12.4. The van der Waals surface area contributed by atoms with E-state index in [1.807, 2.05) is 66.7 Å². The van der Waals surface area contributed by atoms with Crippen LogP contribution in [0.4, 0.5) is 0 Å². The average molecular weight is 641 g/mol. The predicted octanol–water partition coefficient (Wildman–Crippen LogP) is 12.0. The van der Waals surface area contributed by atoms with Gasteiger partial charge >= 0.3 is 0 Å². The molecule has 0 saturated carbocycles. The monoisotopic (exact) mass is 640 g/mol. The van der Waals surface area contributed by atoms with Gasteiger partial charge in [0, 0.05) is 53.0 Å². The molecule has 3 aromatic heterocycles.